The fraction of sp³-hybridized carbons (Fsp3) is 0.205. The molecule has 50 heavy (non-hydrogen) atoms. The molecule has 0 saturated heterocycles. The van der Waals surface area contributed by atoms with Crippen molar-refractivity contribution in [3.05, 3.63) is 149 Å². The van der Waals surface area contributed by atoms with Crippen molar-refractivity contribution in [1.82, 2.24) is 4.57 Å². The summed E-state index contributed by atoms with van der Waals surface area (Å²) in [5.74, 6) is 1.21. The number of carbonyl (C=O) groups is 1. The number of benzene rings is 4. The second kappa shape index (κ2) is 15.8. The van der Waals surface area contributed by atoms with E-state index in [2.05, 4.69) is 0 Å². The van der Waals surface area contributed by atoms with Gasteiger partial charge in [-0.25, -0.2) is 9.79 Å². The largest absolute Gasteiger partial charge is 0.494 e. The van der Waals surface area contributed by atoms with Crippen LogP contribution in [-0.4, -0.2) is 30.4 Å². The highest BCUT2D eigenvalue weighted by Crippen LogP contribution is 2.36. The minimum absolute atomic E-state index is 0.167. The van der Waals surface area contributed by atoms with Crippen LogP contribution in [0.3, 0.4) is 0 Å². The molecule has 256 valence electrons. The minimum Gasteiger partial charge on any atom is -0.494 e. The number of esters is 1. The molecule has 0 unspecified atom stereocenters. The van der Waals surface area contributed by atoms with E-state index in [1.165, 1.54) is 11.3 Å². The van der Waals surface area contributed by atoms with Gasteiger partial charge in [0.1, 0.15) is 12.4 Å². The smallest absolute Gasteiger partial charge is 0.338 e. The number of hydrogen-bond donors (Lipinski definition) is 0. The van der Waals surface area contributed by atoms with E-state index in [4.69, 9.17) is 47.1 Å². The Labute approximate surface area is 303 Å². The van der Waals surface area contributed by atoms with Crippen LogP contribution in [0.5, 0.6) is 17.2 Å². The average molecular weight is 730 g/mol. The summed E-state index contributed by atoms with van der Waals surface area (Å²) in [4.78, 5) is 33.5. The zero-order valence-corrected chi connectivity index (χ0v) is 30.0. The van der Waals surface area contributed by atoms with Gasteiger partial charge in [0.2, 0.25) is 0 Å². The van der Waals surface area contributed by atoms with Crippen molar-refractivity contribution in [3.8, 4) is 17.2 Å². The van der Waals surface area contributed by atoms with Crippen LogP contribution in [-0.2, 0) is 16.1 Å². The molecule has 4 aromatic carbocycles. The number of ether oxygens (including phenoxy) is 4. The standard InChI is InChI=1S/C39H34Cl2N2O6S/c1-4-46-28-16-14-27(15-17-28)36-34(38(45)48-6-3)35(26-10-8-7-9-11-26)42-39-43(36)37(44)33(50-39)22-24-13-19-31(32(21-24)47-5-2)49-23-25-12-18-29(40)30(41)20-25/h7-22,36H,4-6,23H2,1-3H3/b33-22-/t36-/m0/s1. The van der Waals surface area contributed by atoms with Gasteiger partial charge in [0, 0.05) is 5.56 Å². The molecule has 8 nitrogen and oxygen atoms in total. The first-order chi connectivity index (χ1) is 24.3. The quantitative estimate of drug-likeness (QED) is 0.123. The van der Waals surface area contributed by atoms with E-state index in [0.717, 1.165) is 22.3 Å². The highest BCUT2D eigenvalue weighted by molar-refractivity contribution is 7.07. The summed E-state index contributed by atoms with van der Waals surface area (Å²) in [5, 5.41) is 0.920. The number of carbonyl (C=O) groups excluding carboxylic acids is 1. The minimum atomic E-state index is -0.797. The van der Waals surface area contributed by atoms with Gasteiger partial charge in [0.05, 0.1) is 51.7 Å². The maximum Gasteiger partial charge on any atom is 0.338 e. The third-order valence-corrected chi connectivity index (χ3v) is 9.55. The Hall–Kier alpha value is -4.83. The van der Waals surface area contributed by atoms with Gasteiger partial charge in [0.15, 0.2) is 16.3 Å². The van der Waals surface area contributed by atoms with Crippen LogP contribution in [0.1, 0.15) is 49.1 Å². The van der Waals surface area contributed by atoms with Crippen LogP contribution >= 0.6 is 34.5 Å². The Bertz CT molecular complexity index is 2230. The van der Waals surface area contributed by atoms with E-state index < -0.39 is 12.0 Å². The lowest BCUT2D eigenvalue weighted by Crippen LogP contribution is -2.40. The van der Waals surface area contributed by atoms with Gasteiger partial charge in [-0.15, -0.1) is 0 Å². The fourth-order valence-electron chi connectivity index (χ4n) is 5.61. The van der Waals surface area contributed by atoms with E-state index in [9.17, 15) is 9.59 Å². The maximum absolute atomic E-state index is 14.3. The van der Waals surface area contributed by atoms with Gasteiger partial charge in [-0.1, -0.05) is 89.1 Å². The van der Waals surface area contributed by atoms with E-state index in [1.54, 1.807) is 35.8 Å². The molecule has 0 N–H and O–H groups in total. The molecule has 0 spiro atoms. The predicted molar refractivity (Wildman–Crippen MR) is 197 cm³/mol. The molecule has 0 saturated carbocycles. The SMILES string of the molecule is CCOC(=O)C1=C(c2ccccc2)N=c2s/c(=C\c3ccc(OCc4ccc(Cl)c(Cl)c4)c(OCC)c3)c(=O)n2[C@H]1c1ccc(OCC)cc1. The van der Waals surface area contributed by atoms with Crippen molar-refractivity contribution in [3.63, 3.8) is 0 Å². The Morgan fingerprint density at radius 2 is 1.60 bits per heavy atom. The predicted octanol–water partition coefficient (Wildman–Crippen LogP) is 7.62. The molecule has 1 aliphatic rings. The molecule has 0 radical (unpaired) electrons. The number of rotatable bonds is 12. The Balaban J connectivity index is 1.46. The Morgan fingerprint density at radius 3 is 2.30 bits per heavy atom. The number of fused-ring (bicyclic) bond motifs is 1. The molecule has 6 rings (SSSR count). The lowest BCUT2D eigenvalue weighted by Gasteiger charge is -2.26. The highest BCUT2D eigenvalue weighted by Gasteiger charge is 2.35. The van der Waals surface area contributed by atoms with Crippen LogP contribution in [0.15, 0.2) is 106 Å². The van der Waals surface area contributed by atoms with Crippen LogP contribution < -0.4 is 29.1 Å². The van der Waals surface area contributed by atoms with Gasteiger partial charge in [-0.2, -0.15) is 0 Å². The first-order valence-corrected chi connectivity index (χ1v) is 17.7. The van der Waals surface area contributed by atoms with E-state index >= 15 is 0 Å². The van der Waals surface area contributed by atoms with Crippen molar-refractivity contribution in [2.75, 3.05) is 19.8 Å². The van der Waals surface area contributed by atoms with E-state index in [-0.39, 0.29) is 24.3 Å². The molecule has 1 atom stereocenters. The molecule has 0 bridgehead atoms. The van der Waals surface area contributed by atoms with Crippen molar-refractivity contribution in [1.29, 1.82) is 0 Å². The monoisotopic (exact) mass is 728 g/mol. The molecule has 1 aliphatic heterocycles. The van der Waals surface area contributed by atoms with Crippen LogP contribution in [0, 0.1) is 0 Å². The lowest BCUT2D eigenvalue weighted by atomic mass is 9.93. The van der Waals surface area contributed by atoms with Gasteiger partial charge < -0.3 is 18.9 Å². The molecule has 0 amide bonds. The van der Waals surface area contributed by atoms with Gasteiger partial charge in [-0.3, -0.25) is 9.36 Å². The fourth-order valence-corrected chi connectivity index (χ4v) is 6.93. The molecule has 0 fully saturated rings. The third kappa shape index (κ3) is 7.50. The number of aromatic nitrogens is 1. The summed E-state index contributed by atoms with van der Waals surface area (Å²) >= 11 is 13.5. The van der Waals surface area contributed by atoms with Crippen molar-refractivity contribution >= 4 is 52.3 Å². The first kappa shape index (κ1) is 35.0. The second-order valence-electron chi connectivity index (χ2n) is 11.1. The van der Waals surface area contributed by atoms with Crippen LogP contribution in [0.25, 0.3) is 11.8 Å². The van der Waals surface area contributed by atoms with Gasteiger partial charge in [0.25, 0.3) is 5.56 Å². The normalized spacial score (nSPS) is 14.2. The summed E-state index contributed by atoms with van der Waals surface area (Å²) in [5.41, 5.74) is 3.48. The van der Waals surface area contributed by atoms with Crippen molar-refractivity contribution < 1.29 is 23.7 Å². The number of nitrogens with zero attached hydrogens (tertiary/aromatic N) is 2. The topological polar surface area (TPSA) is 88.4 Å². The maximum atomic E-state index is 14.3. The molecule has 5 aromatic rings. The van der Waals surface area contributed by atoms with Crippen molar-refractivity contribution in [2.45, 2.75) is 33.4 Å². The number of hydrogen-bond acceptors (Lipinski definition) is 8. The van der Waals surface area contributed by atoms with Crippen LogP contribution in [0.2, 0.25) is 10.0 Å². The van der Waals surface area contributed by atoms with Crippen molar-refractivity contribution in [2.24, 2.45) is 4.99 Å². The van der Waals surface area contributed by atoms with E-state index in [0.29, 0.717) is 55.5 Å². The van der Waals surface area contributed by atoms with E-state index in [1.807, 2.05) is 86.6 Å². The summed E-state index contributed by atoms with van der Waals surface area (Å²) in [6.07, 6.45) is 1.79. The average Bonchev–Trinajstić information content (AvgIpc) is 3.43. The second-order valence-corrected chi connectivity index (χ2v) is 12.9. The Morgan fingerprint density at radius 1 is 0.840 bits per heavy atom. The highest BCUT2D eigenvalue weighted by atomic mass is 35.5. The lowest BCUT2D eigenvalue weighted by molar-refractivity contribution is -0.138. The van der Waals surface area contributed by atoms with Gasteiger partial charge in [-0.05, 0) is 79.9 Å². The first-order valence-electron chi connectivity index (χ1n) is 16.2. The third-order valence-electron chi connectivity index (χ3n) is 7.82. The Kier molecular flexibility index (Phi) is 11.1. The zero-order chi connectivity index (χ0) is 35.2. The van der Waals surface area contributed by atoms with Gasteiger partial charge >= 0.3 is 5.97 Å². The summed E-state index contributed by atoms with van der Waals surface area (Å²) in [6.45, 7) is 6.90. The molecule has 0 aliphatic carbocycles. The summed E-state index contributed by atoms with van der Waals surface area (Å²) in [6, 6.07) is 26.9. The summed E-state index contributed by atoms with van der Waals surface area (Å²) in [7, 11) is 0. The molecular weight excluding hydrogens is 695 g/mol. The molecular formula is C39H34Cl2N2O6S. The molecule has 2 heterocycles. The zero-order valence-electron chi connectivity index (χ0n) is 27.7. The number of halogens is 2. The molecule has 1 aromatic heterocycles. The number of thiazole rings is 1. The molecule has 11 heteroatoms. The summed E-state index contributed by atoms with van der Waals surface area (Å²) < 4.78 is 25.3. The van der Waals surface area contributed by atoms with Crippen LogP contribution in [0.4, 0.5) is 0 Å².